The molecule has 10 rings (SSSR count). The second kappa shape index (κ2) is 11.0. The van der Waals surface area contributed by atoms with Gasteiger partial charge in [0.15, 0.2) is 0 Å². The third-order valence-corrected chi connectivity index (χ3v) is 9.78. The van der Waals surface area contributed by atoms with Gasteiger partial charge in [-0.15, -0.1) is 0 Å². The van der Waals surface area contributed by atoms with Gasteiger partial charge < -0.3 is 13.9 Å². The van der Waals surface area contributed by atoms with Crippen molar-refractivity contribution in [3.05, 3.63) is 182 Å². The fourth-order valence-electron chi connectivity index (χ4n) is 7.64. The number of para-hydroxylation sites is 7. The van der Waals surface area contributed by atoms with Gasteiger partial charge in [-0.05, 0) is 53.9 Å². The van der Waals surface area contributed by atoms with E-state index in [2.05, 4.69) is 191 Å². The lowest BCUT2D eigenvalue weighted by Crippen LogP contribution is -2.14. The summed E-state index contributed by atoms with van der Waals surface area (Å²) in [5.41, 5.74) is 10.7. The van der Waals surface area contributed by atoms with E-state index in [9.17, 15) is 0 Å². The second-order valence-electron chi connectivity index (χ2n) is 12.5. The molecule has 0 aliphatic carbocycles. The first-order valence-electron chi connectivity index (χ1n) is 16.7. The number of fused-ring (bicyclic) bond motifs is 8. The molecular formula is C46H30N2O. The van der Waals surface area contributed by atoms with Crippen LogP contribution in [0.1, 0.15) is 0 Å². The van der Waals surface area contributed by atoms with Crippen molar-refractivity contribution in [3.63, 3.8) is 0 Å². The highest BCUT2D eigenvalue weighted by Crippen LogP contribution is 2.47. The summed E-state index contributed by atoms with van der Waals surface area (Å²) in [4.78, 5) is 2.39. The average Bonchev–Trinajstić information content (AvgIpc) is 3.72. The Labute approximate surface area is 283 Å². The SMILES string of the molecule is c1ccc(N(c2ccccc2-c2cccc3c2oc2c4ccccc4ccc32)c2ccccc2-n2c3ccccc3c3ccccc32)cc1. The summed E-state index contributed by atoms with van der Waals surface area (Å²) in [5.74, 6) is 0. The summed E-state index contributed by atoms with van der Waals surface area (Å²) in [5, 5.41) is 7.02. The van der Waals surface area contributed by atoms with Crippen LogP contribution >= 0.6 is 0 Å². The van der Waals surface area contributed by atoms with E-state index >= 15 is 0 Å². The van der Waals surface area contributed by atoms with Crippen molar-refractivity contribution < 1.29 is 4.42 Å². The Morgan fingerprint density at radius 3 is 1.73 bits per heavy atom. The molecular weight excluding hydrogens is 597 g/mol. The molecule has 0 fully saturated rings. The molecule has 0 aliphatic heterocycles. The van der Waals surface area contributed by atoms with Crippen molar-refractivity contribution in [2.24, 2.45) is 0 Å². The molecule has 0 N–H and O–H groups in total. The van der Waals surface area contributed by atoms with Crippen LogP contribution in [-0.4, -0.2) is 4.57 Å². The van der Waals surface area contributed by atoms with Crippen LogP contribution in [0.15, 0.2) is 186 Å². The van der Waals surface area contributed by atoms with Gasteiger partial charge in [-0.25, -0.2) is 0 Å². The minimum absolute atomic E-state index is 0.894. The summed E-state index contributed by atoms with van der Waals surface area (Å²) in [6.07, 6.45) is 0. The van der Waals surface area contributed by atoms with E-state index in [1.165, 1.54) is 27.2 Å². The number of benzene rings is 8. The highest BCUT2D eigenvalue weighted by Gasteiger charge is 2.24. The van der Waals surface area contributed by atoms with E-state index in [0.717, 1.165) is 61.2 Å². The van der Waals surface area contributed by atoms with Crippen LogP contribution in [0.3, 0.4) is 0 Å². The topological polar surface area (TPSA) is 21.3 Å². The lowest BCUT2D eigenvalue weighted by Gasteiger charge is -2.30. The fraction of sp³-hybridized carbons (Fsp3) is 0. The molecule has 0 atom stereocenters. The normalized spacial score (nSPS) is 11.7. The molecule has 230 valence electrons. The zero-order valence-corrected chi connectivity index (χ0v) is 26.6. The van der Waals surface area contributed by atoms with Crippen LogP contribution in [0.25, 0.3) is 71.3 Å². The number of hydrogen-bond acceptors (Lipinski definition) is 2. The Balaban J connectivity index is 1.25. The maximum absolute atomic E-state index is 6.85. The minimum atomic E-state index is 0.894. The lowest BCUT2D eigenvalue weighted by molar-refractivity contribution is 0.674. The molecule has 8 aromatic carbocycles. The molecule has 3 heteroatoms. The molecule has 0 saturated carbocycles. The fourth-order valence-corrected chi connectivity index (χ4v) is 7.64. The molecule has 3 nitrogen and oxygen atoms in total. The van der Waals surface area contributed by atoms with E-state index in [4.69, 9.17) is 4.42 Å². The van der Waals surface area contributed by atoms with Crippen molar-refractivity contribution >= 4 is 71.6 Å². The third-order valence-electron chi connectivity index (χ3n) is 9.78. The number of aromatic nitrogens is 1. The van der Waals surface area contributed by atoms with E-state index in [0.29, 0.717) is 0 Å². The minimum Gasteiger partial charge on any atom is -0.455 e. The summed E-state index contributed by atoms with van der Waals surface area (Å²) in [7, 11) is 0. The van der Waals surface area contributed by atoms with Crippen molar-refractivity contribution in [1.82, 2.24) is 4.57 Å². The Bertz CT molecular complexity index is 2790. The van der Waals surface area contributed by atoms with Gasteiger partial charge >= 0.3 is 0 Å². The van der Waals surface area contributed by atoms with E-state index < -0.39 is 0 Å². The van der Waals surface area contributed by atoms with Gasteiger partial charge in [0.1, 0.15) is 11.2 Å². The van der Waals surface area contributed by atoms with Gasteiger partial charge in [-0.2, -0.15) is 0 Å². The third kappa shape index (κ3) is 4.23. The van der Waals surface area contributed by atoms with Crippen molar-refractivity contribution in [2.75, 3.05) is 4.90 Å². The Morgan fingerprint density at radius 2 is 0.939 bits per heavy atom. The zero-order chi connectivity index (χ0) is 32.3. The lowest BCUT2D eigenvalue weighted by atomic mass is 9.98. The highest BCUT2D eigenvalue weighted by molar-refractivity contribution is 6.18. The van der Waals surface area contributed by atoms with Gasteiger partial charge in [-0.3, -0.25) is 0 Å². The first kappa shape index (κ1) is 27.5. The van der Waals surface area contributed by atoms with Crippen LogP contribution in [0.2, 0.25) is 0 Å². The smallest absolute Gasteiger partial charge is 0.143 e. The summed E-state index contributed by atoms with van der Waals surface area (Å²) >= 11 is 0. The number of nitrogens with zero attached hydrogens (tertiary/aromatic N) is 2. The average molecular weight is 627 g/mol. The number of furan rings is 1. The van der Waals surface area contributed by atoms with Crippen LogP contribution in [0.4, 0.5) is 17.1 Å². The van der Waals surface area contributed by atoms with Crippen molar-refractivity contribution in [1.29, 1.82) is 0 Å². The maximum atomic E-state index is 6.85. The van der Waals surface area contributed by atoms with Crippen LogP contribution < -0.4 is 4.90 Å². The Morgan fingerprint density at radius 1 is 0.367 bits per heavy atom. The van der Waals surface area contributed by atoms with Gasteiger partial charge in [-0.1, -0.05) is 133 Å². The number of anilines is 3. The van der Waals surface area contributed by atoms with E-state index in [-0.39, 0.29) is 0 Å². The Hall–Kier alpha value is -6.58. The molecule has 2 heterocycles. The zero-order valence-electron chi connectivity index (χ0n) is 26.6. The molecule has 49 heavy (non-hydrogen) atoms. The molecule has 2 aromatic heterocycles. The first-order valence-corrected chi connectivity index (χ1v) is 16.7. The molecule has 0 unspecified atom stereocenters. The first-order chi connectivity index (χ1) is 24.3. The molecule has 10 aromatic rings. The van der Waals surface area contributed by atoms with Gasteiger partial charge in [0.25, 0.3) is 0 Å². The second-order valence-corrected chi connectivity index (χ2v) is 12.5. The maximum Gasteiger partial charge on any atom is 0.143 e. The van der Waals surface area contributed by atoms with Gasteiger partial charge in [0, 0.05) is 43.7 Å². The van der Waals surface area contributed by atoms with Gasteiger partial charge in [0.05, 0.1) is 28.1 Å². The molecule has 0 bridgehead atoms. The largest absolute Gasteiger partial charge is 0.455 e. The predicted octanol–water partition coefficient (Wildman–Crippen LogP) is 13.0. The van der Waals surface area contributed by atoms with Gasteiger partial charge in [0.2, 0.25) is 0 Å². The highest BCUT2D eigenvalue weighted by atomic mass is 16.3. The molecule has 0 spiro atoms. The number of rotatable bonds is 5. The molecule has 0 amide bonds. The Kier molecular flexibility index (Phi) is 6.18. The molecule has 0 aliphatic rings. The summed E-state index contributed by atoms with van der Waals surface area (Å²) < 4.78 is 9.26. The monoisotopic (exact) mass is 626 g/mol. The van der Waals surface area contributed by atoms with Crippen LogP contribution in [0, 0.1) is 0 Å². The predicted molar refractivity (Wildman–Crippen MR) is 206 cm³/mol. The number of hydrogen-bond donors (Lipinski definition) is 0. The van der Waals surface area contributed by atoms with Crippen LogP contribution in [0.5, 0.6) is 0 Å². The quantitative estimate of drug-likeness (QED) is 0.190. The summed E-state index contributed by atoms with van der Waals surface area (Å²) in [6, 6.07) is 64.8. The van der Waals surface area contributed by atoms with Crippen molar-refractivity contribution in [3.8, 4) is 16.8 Å². The van der Waals surface area contributed by atoms with E-state index in [1.54, 1.807) is 0 Å². The van der Waals surface area contributed by atoms with E-state index in [1.807, 2.05) is 0 Å². The molecule has 0 saturated heterocycles. The van der Waals surface area contributed by atoms with Crippen LogP contribution in [-0.2, 0) is 0 Å². The summed E-state index contributed by atoms with van der Waals surface area (Å²) in [6.45, 7) is 0. The van der Waals surface area contributed by atoms with Crippen molar-refractivity contribution in [2.45, 2.75) is 0 Å². The standard InChI is InChI=1S/C46H30N2O/c1-2-16-32(17-3-1)47(43-27-12-13-28-44(43)48-41-25-10-6-19-34(41)35-20-7-11-26-42(35)48)40-24-9-8-21-36(40)37-22-14-23-38-39-30-29-31-15-4-5-18-33(31)45(39)49-46(37)38/h1-30H. The molecule has 0 radical (unpaired) electrons.